The molecular formula is C16H22N2O4S. The summed E-state index contributed by atoms with van der Waals surface area (Å²) < 4.78 is 5.23. The number of alkyl carbamates (subject to hydrolysis) is 1. The number of Topliss-reactive ketones (excluding diaryl/α,β-unsaturated/α-hetero) is 1. The molecule has 1 fully saturated rings. The van der Waals surface area contributed by atoms with Gasteiger partial charge in [0, 0.05) is 12.5 Å². The van der Waals surface area contributed by atoms with E-state index in [1.165, 1.54) is 11.3 Å². The van der Waals surface area contributed by atoms with E-state index in [4.69, 9.17) is 4.74 Å². The number of carbonyl (C=O) groups is 3. The Balaban J connectivity index is 2.09. The second kappa shape index (κ2) is 7.12. The summed E-state index contributed by atoms with van der Waals surface area (Å²) in [7, 11) is 0. The van der Waals surface area contributed by atoms with Gasteiger partial charge in [-0.1, -0.05) is 6.07 Å². The summed E-state index contributed by atoms with van der Waals surface area (Å²) in [6.45, 7) is 5.88. The van der Waals surface area contributed by atoms with Gasteiger partial charge in [0.2, 0.25) is 5.91 Å². The third-order valence-corrected chi connectivity index (χ3v) is 4.34. The van der Waals surface area contributed by atoms with Crippen molar-refractivity contribution in [3.63, 3.8) is 0 Å². The Morgan fingerprint density at radius 2 is 2.22 bits per heavy atom. The quantitative estimate of drug-likeness (QED) is 0.807. The zero-order valence-corrected chi connectivity index (χ0v) is 14.4. The fourth-order valence-electron chi connectivity index (χ4n) is 2.43. The van der Waals surface area contributed by atoms with Crippen molar-refractivity contribution in [2.45, 2.75) is 45.3 Å². The molecule has 126 valence electrons. The van der Waals surface area contributed by atoms with Gasteiger partial charge >= 0.3 is 6.09 Å². The Morgan fingerprint density at radius 1 is 1.48 bits per heavy atom. The van der Waals surface area contributed by atoms with E-state index >= 15 is 0 Å². The van der Waals surface area contributed by atoms with E-state index in [1.54, 1.807) is 38.3 Å². The van der Waals surface area contributed by atoms with Gasteiger partial charge in [-0.25, -0.2) is 4.79 Å². The second-order valence-electron chi connectivity index (χ2n) is 6.55. The van der Waals surface area contributed by atoms with Crippen LogP contribution in [0.5, 0.6) is 0 Å². The number of ketones is 1. The first-order chi connectivity index (χ1) is 10.8. The number of carbonyl (C=O) groups excluding carboxylic acids is 3. The number of ether oxygens (including phenoxy) is 1. The lowest BCUT2D eigenvalue weighted by Gasteiger charge is -2.23. The minimum atomic E-state index is -0.766. The maximum absolute atomic E-state index is 12.6. The molecule has 2 rings (SSSR count). The maximum Gasteiger partial charge on any atom is 0.408 e. The summed E-state index contributed by atoms with van der Waals surface area (Å²) in [5, 5.41) is 7.18. The molecule has 0 aliphatic carbocycles. The Kier molecular flexibility index (Phi) is 5.41. The zero-order valence-electron chi connectivity index (χ0n) is 13.5. The lowest BCUT2D eigenvalue weighted by atomic mass is 9.95. The molecule has 2 atom stereocenters. The topological polar surface area (TPSA) is 84.5 Å². The van der Waals surface area contributed by atoms with Gasteiger partial charge in [0.25, 0.3) is 0 Å². The fraction of sp³-hybridized carbons (Fsp3) is 0.562. The van der Waals surface area contributed by atoms with Gasteiger partial charge in [-0.15, -0.1) is 11.3 Å². The average Bonchev–Trinajstić information content (AvgIpc) is 3.07. The predicted molar refractivity (Wildman–Crippen MR) is 87.5 cm³/mol. The van der Waals surface area contributed by atoms with Crippen LogP contribution < -0.4 is 10.6 Å². The van der Waals surface area contributed by atoms with Crippen molar-refractivity contribution in [3.05, 3.63) is 22.4 Å². The molecule has 0 unspecified atom stereocenters. The maximum atomic E-state index is 12.6. The second-order valence-corrected chi connectivity index (χ2v) is 7.50. The summed E-state index contributed by atoms with van der Waals surface area (Å²) in [4.78, 5) is 37.0. The largest absolute Gasteiger partial charge is 0.444 e. The first-order valence-electron chi connectivity index (χ1n) is 7.61. The summed E-state index contributed by atoms with van der Waals surface area (Å²) >= 11 is 1.32. The van der Waals surface area contributed by atoms with Crippen molar-refractivity contribution < 1.29 is 19.1 Å². The Bertz CT molecular complexity index is 577. The van der Waals surface area contributed by atoms with Gasteiger partial charge < -0.3 is 15.4 Å². The van der Waals surface area contributed by atoms with E-state index in [9.17, 15) is 14.4 Å². The van der Waals surface area contributed by atoms with E-state index in [2.05, 4.69) is 10.6 Å². The highest BCUT2D eigenvalue weighted by Gasteiger charge is 2.33. The Morgan fingerprint density at radius 3 is 2.74 bits per heavy atom. The van der Waals surface area contributed by atoms with Crippen LogP contribution in [0.4, 0.5) is 4.79 Å². The summed E-state index contributed by atoms with van der Waals surface area (Å²) in [6, 6.07) is 2.73. The van der Waals surface area contributed by atoms with Crippen LogP contribution in [0, 0.1) is 5.92 Å². The number of thiophene rings is 1. The number of hydrogen-bond donors (Lipinski definition) is 2. The van der Waals surface area contributed by atoms with Gasteiger partial charge in [0.05, 0.1) is 10.9 Å². The highest BCUT2D eigenvalue weighted by Crippen LogP contribution is 2.21. The van der Waals surface area contributed by atoms with Crippen LogP contribution in [0.1, 0.15) is 43.3 Å². The SMILES string of the molecule is CC(C)(C)OC(=O)N[C@@H](C[C@@H]1CCNC1=O)C(=O)c1cccs1. The highest BCUT2D eigenvalue weighted by atomic mass is 32.1. The highest BCUT2D eigenvalue weighted by molar-refractivity contribution is 7.12. The minimum absolute atomic E-state index is 0.0695. The predicted octanol–water partition coefficient (Wildman–Crippen LogP) is 2.35. The molecule has 1 aliphatic rings. The lowest BCUT2D eigenvalue weighted by Crippen LogP contribution is -2.45. The van der Waals surface area contributed by atoms with Crippen LogP contribution in [-0.4, -0.2) is 36.0 Å². The molecule has 0 spiro atoms. The van der Waals surface area contributed by atoms with Crippen LogP contribution in [0.25, 0.3) is 0 Å². The van der Waals surface area contributed by atoms with E-state index in [-0.39, 0.29) is 24.0 Å². The molecule has 2 heterocycles. The van der Waals surface area contributed by atoms with Gasteiger partial charge in [-0.05, 0) is 45.1 Å². The first kappa shape index (κ1) is 17.5. The van der Waals surface area contributed by atoms with E-state index in [0.717, 1.165) is 0 Å². The smallest absolute Gasteiger partial charge is 0.408 e. The van der Waals surface area contributed by atoms with Gasteiger partial charge in [-0.2, -0.15) is 0 Å². The van der Waals surface area contributed by atoms with Crippen LogP contribution in [0.15, 0.2) is 17.5 Å². The van der Waals surface area contributed by atoms with E-state index in [0.29, 0.717) is 17.8 Å². The van der Waals surface area contributed by atoms with Gasteiger partial charge in [-0.3, -0.25) is 9.59 Å². The van der Waals surface area contributed by atoms with Crippen LogP contribution in [0.2, 0.25) is 0 Å². The summed E-state index contributed by atoms with van der Waals surface area (Å²) in [6.07, 6.45) is 0.302. The number of hydrogen-bond acceptors (Lipinski definition) is 5. The summed E-state index contributed by atoms with van der Waals surface area (Å²) in [5.74, 6) is -0.524. The molecule has 2 N–H and O–H groups in total. The number of nitrogens with one attached hydrogen (secondary N) is 2. The van der Waals surface area contributed by atoms with Crippen molar-refractivity contribution in [1.29, 1.82) is 0 Å². The molecule has 0 aromatic carbocycles. The standard InChI is InChI=1S/C16H22N2O4S/c1-16(2,3)22-15(21)18-11(9-10-6-7-17-14(10)20)13(19)12-5-4-8-23-12/h4-5,8,10-11H,6-7,9H2,1-3H3,(H,17,20)(H,18,21)/t10-,11-/m0/s1. The van der Waals surface area contributed by atoms with Crippen molar-refractivity contribution in [2.24, 2.45) is 5.92 Å². The van der Waals surface area contributed by atoms with Crippen molar-refractivity contribution in [2.75, 3.05) is 6.54 Å². The van der Waals surface area contributed by atoms with Crippen molar-refractivity contribution in [1.82, 2.24) is 10.6 Å². The average molecular weight is 338 g/mol. The fourth-order valence-corrected chi connectivity index (χ4v) is 3.15. The van der Waals surface area contributed by atoms with Crippen molar-refractivity contribution in [3.8, 4) is 0 Å². The lowest BCUT2D eigenvalue weighted by molar-refractivity contribution is -0.122. The molecular weight excluding hydrogens is 316 g/mol. The van der Waals surface area contributed by atoms with Gasteiger partial charge in [0.1, 0.15) is 5.60 Å². The molecule has 1 saturated heterocycles. The third kappa shape index (κ3) is 5.06. The van der Waals surface area contributed by atoms with Crippen molar-refractivity contribution >= 4 is 29.1 Å². The monoisotopic (exact) mass is 338 g/mol. The van der Waals surface area contributed by atoms with Crippen LogP contribution >= 0.6 is 11.3 Å². The zero-order chi connectivity index (χ0) is 17.0. The van der Waals surface area contributed by atoms with E-state index < -0.39 is 17.7 Å². The number of amides is 2. The molecule has 6 nitrogen and oxygen atoms in total. The first-order valence-corrected chi connectivity index (χ1v) is 8.49. The normalized spacial score (nSPS) is 19.1. The molecule has 2 amide bonds. The number of rotatable bonds is 5. The molecule has 1 aliphatic heterocycles. The van der Waals surface area contributed by atoms with E-state index in [1.807, 2.05) is 0 Å². The molecule has 0 bridgehead atoms. The molecule has 1 aromatic heterocycles. The molecule has 1 aromatic rings. The minimum Gasteiger partial charge on any atom is -0.444 e. The molecule has 23 heavy (non-hydrogen) atoms. The van der Waals surface area contributed by atoms with Crippen LogP contribution in [0.3, 0.4) is 0 Å². The van der Waals surface area contributed by atoms with Gasteiger partial charge in [0.15, 0.2) is 5.78 Å². The molecule has 7 heteroatoms. The Labute approximate surface area is 139 Å². The Hall–Kier alpha value is -1.89. The third-order valence-electron chi connectivity index (χ3n) is 3.45. The molecule has 0 radical (unpaired) electrons. The molecule has 0 saturated carbocycles. The van der Waals surface area contributed by atoms with Crippen LogP contribution in [-0.2, 0) is 9.53 Å². The summed E-state index contributed by atoms with van der Waals surface area (Å²) in [5.41, 5.74) is -0.647.